The van der Waals surface area contributed by atoms with Crippen LogP contribution in [0.4, 0.5) is 0 Å². The fourth-order valence-electron chi connectivity index (χ4n) is 4.22. The predicted octanol–water partition coefficient (Wildman–Crippen LogP) is 7.04. The Morgan fingerprint density at radius 2 is 1.82 bits per heavy atom. The minimum Gasteiger partial charge on any atom is -0.0802 e. The van der Waals surface area contributed by atoms with Gasteiger partial charge in [0.15, 0.2) is 0 Å². The summed E-state index contributed by atoms with van der Waals surface area (Å²) in [5.41, 5.74) is 5.16. The molecule has 0 atom stereocenters. The van der Waals surface area contributed by atoms with Crippen LogP contribution in [0, 0.1) is 11.3 Å². The smallest absolute Gasteiger partial charge is 0.0225 e. The van der Waals surface area contributed by atoms with Crippen LogP contribution in [-0.2, 0) is 6.42 Å². The number of hydrogen-bond donors (Lipinski definition) is 0. The normalized spacial score (nSPS) is 17.6. The maximum Gasteiger partial charge on any atom is -0.0225 e. The van der Waals surface area contributed by atoms with E-state index in [0.29, 0.717) is 5.41 Å². The second-order valence-corrected chi connectivity index (χ2v) is 7.73. The van der Waals surface area contributed by atoms with E-state index >= 15 is 0 Å². The van der Waals surface area contributed by atoms with Crippen LogP contribution in [0.3, 0.4) is 0 Å². The van der Waals surface area contributed by atoms with E-state index in [0.717, 1.165) is 5.92 Å². The number of benzene rings is 1. The fourth-order valence-corrected chi connectivity index (χ4v) is 4.22. The van der Waals surface area contributed by atoms with Crippen molar-refractivity contribution < 1.29 is 0 Å². The van der Waals surface area contributed by atoms with Gasteiger partial charge in [-0.1, -0.05) is 70.9 Å². The molecule has 0 bridgehead atoms. The van der Waals surface area contributed by atoms with Crippen LogP contribution in [0.5, 0.6) is 0 Å². The topological polar surface area (TPSA) is 0 Å². The Bertz CT molecular complexity index is 487. The van der Waals surface area contributed by atoms with Crippen LogP contribution >= 0.6 is 0 Å². The Morgan fingerprint density at radius 1 is 1.09 bits per heavy atom. The van der Waals surface area contributed by atoms with Crippen molar-refractivity contribution >= 4 is 5.57 Å². The molecule has 0 spiro atoms. The van der Waals surface area contributed by atoms with Gasteiger partial charge in [-0.2, -0.15) is 0 Å². The lowest BCUT2D eigenvalue weighted by Gasteiger charge is -2.36. The van der Waals surface area contributed by atoms with E-state index in [9.17, 15) is 0 Å². The molecule has 0 heterocycles. The molecule has 0 radical (unpaired) electrons. The first-order valence-corrected chi connectivity index (χ1v) is 9.37. The highest BCUT2D eigenvalue weighted by Gasteiger charge is 2.30. The molecule has 2 rings (SSSR count). The van der Waals surface area contributed by atoms with E-state index in [4.69, 9.17) is 0 Å². The van der Waals surface area contributed by atoms with E-state index in [-0.39, 0.29) is 0 Å². The Kier molecular flexibility index (Phi) is 6.29. The van der Waals surface area contributed by atoms with Crippen molar-refractivity contribution in [1.29, 1.82) is 0 Å². The summed E-state index contributed by atoms with van der Waals surface area (Å²) < 4.78 is 0. The van der Waals surface area contributed by atoms with Gasteiger partial charge in [-0.15, -0.1) is 0 Å². The number of rotatable bonds is 7. The summed E-state index contributed by atoms with van der Waals surface area (Å²) in [6, 6.07) is 9.26. The fraction of sp³-hybridized carbons (Fsp3) is 0.636. The monoisotopic (exact) mass is 298 g/mol. The molecule has 1 aliphatic rings. The summed E-state index contributed by atoms with van der Waals surface area (Å²) in [7, 11) is 0. The summed E-state index contributed by atoms with van der Waals surface area (Å²) in [4.78, 5) is 0. The van der Waals surface area contributed by atoms with E-state index in [1.165, 1.54) is 62.5 Å². The molecule has 0 amide bonds. The zero-order valence-corrected chi connectivity index (χ0v) is 15.1. The van der Waals surface area contributed by atoms with Crippen LogP contribution in [0.1, 0.15) is 83.8 Å². The quantitative estimate of drug-likeness (QED) is 0.506. The van der Waals surface area contributed by atoms with Crippen LogP contribution in [0.2, 0.25) is 0 Å². The highest BCUT2D eigenvalue weighted by atomic mass is 14.3. The van der Waals surface area contributed by atoms with Gasteiger partial charge < -0.3 is 0 Å². The van der Waals surface area contributed by atoms with E-state index in [1.807, 2.05) is 0 Å². The second kappa shape index (κ2) is 7.99. The highest BCUT2D eigenvalue weighted by molar-refractivity contribution is 5.67. The van der Waals surface area contributed by atoms with Gasteiger partial charge in [0.1, 0.15) is 0 Å². The van der Waals surface area contributed by atoms with Gasteiger partial charge in [0, 0.05) is 0 Å². The minimum absolute atomic E-state index is 0.600. The molecule has 0 aliphatic heterocycles. The van der Waals surface area contributed by atoms with Crippen LogP contribution in [-0.4, -0.2) is 0 Å². The van der Waals surface area contributed by atoms with Crippen molar-refractivity contribution in [3.8, 4) is 0 Å². The summed E-state index contributed by atoms with van der Waals surface area (Å²) in [5, 5.41) is 0. The van der Waals surface area contributed by atoms with Gasteiger partial charge >= 0.3 is 0 Å². The minimum atomic E-state index is 0.600. The first-order chi connectivity index (χ1) is 10.6. The van der Waals surface area contributed by atoms with Crippen molar-refractivity contribution in [2.24, 2.45) is 11.3 Å². The second-order valence-electron chi connectivity index (χ2n) is 7.73. The molecule has 122 valence electrons. The van der Waals surface area contributed by atoms with E-state index in [2.05, 4.69) is 58.0 Å². The van der Waals surface area contributed by atoms with Crippen LogP contribution in [0.25, 0.3) is 5.57 Å². The van der Waals surface area contributed by atoms with Gasteiger partial charge in [0.05, 0.1) is 0 Å². The Labute approximate surface area is 138 Å². The third kappa shape index (κ3) is 4.48. The van der Waals surface area contributed by atoms with Gasteiger partial charge in [0.2, 0.25) is 0 Å². The largest absolute Gasteiger partial charge is 0.0802 e. The zero-order chi connectivity index (χ0) is 16.0. The van der Waals surface area contributed by atoms with Gasteiger partial charge in [-0.3, -0.25) is 0 Å². The molecular formula is C22H34. The number of hydrogen-bond acceptors (Lipinski definition) is 0. The summed E-state index contributed by atoms with van der Waals surface area (Å²) in [6.45, 7) is 9.28. The average molecular weight is 299 g/mol. The molecule has 0 N–H and O–H groups in total. The lowest BCUT2D eigenvalue weighted by molar-refractivity contribution is 0.213. The van der Waals surface area contributed by atoms with Gasteiger partial charge in [-0.25, -0.2) is 0 Å². The summed E-state index contributed by atoms with van der Waals surface area (Å²) in [5.74, 6) is 0.734. The third-order valence-corrected chi connectivity index (χ3v) is 5.21. The maximum atomic E-state index is 2.56. The molecule has 0 nitrogen and oxygen atoms in total. The average Bonchev–Trinajstić information content (AvgIpc) is 2.48. The van der Waals surface area contributed by atoms with Crippen molar-refractivity contribution in [3.63, 3.8) is 0 Å². The highest BCUT2D eigenvalue weighted by Crippen LogP contribution is 2.45. The van der Waals surface area contributed by atoms with Gasteiger partial charge in [-0.05, 0) is 66.6 Å². The van der Waals surface area contributed by atoms with E-state index < -0.39 is 0 Å². The molecule has 0 aromatic heterocycles. The first kappa shape index (κ1) is 17.3. The molecule has 1 aromatic rings. The SMILES string of the molecule is CCCC1(CCC)CC=C(c2cccc(CC(C)C)c2)CC1. The Hall–Kier alpha value is -1.04. The molecule has 1 aromatic carbocycles. The van der Waals surface area contributed by atoms with Gasteiger partial charge in [0.25, 0.3) is 0 Å². The molecular weight excluding hydrogens is 264 g/mol. The zero-order valence-electron chi connectivity index (χ0n) is 15.1. The first-order valence-electron chi connectivity index (χ1n) is 9.37. The van der Waals surface area contributed by atoms with Crippen molar-refractivity contribution in [2.45, 2.75) is 79.1 Å². The molecule has 22 heavy (non-hydrogen) atoms. The molecule has 0 fully saturated rings. The molecule has 0 heteroatoms. The third-order valence-electron chi connectivity index (χ3n) is 5.21. The lowest BCUT2D eigenvalue weighted by Crippen LogP contribution is -2.22. The summed E-state index contributed by atoms with van der Waals surface area (Å²) >= 11 is 0. The van der Waals surface area contributed by atoms with Crippen molar-refractivity contribution in [2.75, 3.05) is 0 Å². The van der Waals surface area contributed by atoms with Crippen molar-refractivity contribution in [1.82, 2.24) is 0 Å². The van der Waals surface area contributed by atoms with Crippen LogP contribution in [0.15, 0.2) is 30.3 Å². The molecule has 0 saturated heterocycles. The van der Waals surface area contributed by atoms with Crippen LogP contribution < -0.4 is 0 Å². The lowest BCUT2D eigenvalue weighted by atomic mass is 9.68. The molecule has 0 unspecified atom stereocenters. The standard InChI is InChI=1S/C22H34/c1-5-12-22(13-6-2)14-10-20(11-15-22)21-9-7-8-19(17-21)16-18(3)4/h7-10,17-18H,5-6,11-16H2,1-4H3. The molecule has 0 saturated carbocycles. The number of allylic oxidation sites excluding steroid dienone is 2. The Balaban J connectivity index is 2.13. The van der Waals surface area contributed by atoms with Crippen molar-refractivity contribution in [3.05, 3.63) is 41.5 Å². The Morgan fingerprint density at radius 3 is 2.36 bits per heavy atom. The summed E-state index contributed by atoms with van der Waals surface area (Å²) in [6.07, 6.45) is 13.1. The van der Waals surface area contributed by atoms with E-state index in [1.54, 1.807) is 5.57 Å². The predicted molar refractivity (Wildman–Crippen MR) is 99.1 cm³/mol. The maximum absolute atomic E-state index is 2.56. The molecule has 1 aliphatic carbocycles.